The molecule has 158 valence electrons. The monoisotopic (exact) mass is 471 g/mol. The number of alkyl halides is 1. The number of ether oxygens (including phenoxy) is 3. The fourth-order valence-electron chi connectivity index (χ4n) is 3.40. The number of rotatable bonds is 7. The van der Waals surface area contributed by atoms with Gasteiger partial charge in [0.2, 0.25) is 0 Å². The SMILES string of the molecule is CC(=O)OC[C@H]1O[C@@H](OCCCBr)[C@H](N2C(=O)c3ccccc3C2=O)[C@@H](O)[C@@H]1O. The van der Waals surface area contributed by atoms with Crippen LogP contribution in [0.1, 0.15) is 34.1 Å². The molecule has 0 saturated carbocycles. The van der Waals surface area contributed by atoms with Crippen molar-refractivity contribution in [1.29, 1.82) is 0 Å². The Hall–Kier alpha value is -1.85. The van der Waals surface area contributed by atoms with Crippen LogP contribution in [0.25, 0.3) is 0 Å². The molecule has 0 aliphatic carbocycles. The molecule has 2 aliphatic heterocycles. The van der Waals surface area contributed by atoms with Gasteiger partial charge in [-0.05, 0) is 18.6 Å². The topological polar surface area (TPSA) is 123 Å². The van der Waals surface area contributed by atoms with Gasteiger partial charge in [0.1, 0.15) is 31.0 Å². The number of halogens is 1. The van der Waals surface area contributed by atoms with Crippen molar-refractivity contribution in [2.75, 3.05) is 18.5 Å². The summed E-state index contributed by atoms with van der Waals surface area (Å²) in [6.07, 6.45) is -4.72. The van der Waals surface area contributed by atoms with Gasteiger partial charge >= 0.3 is 5.97 Å². The van der Waals surface area contributed by atoms with Crippen molar-refractivity contribution in [3.8, 4) is 0 Å². The maximum atomic E-state index is 12.9. The van der Waals surface area contributed by atoms with E-state index in [1.54, 1.807) is 12.1 Å². The molecule has 0 unspecified atom stereocenters. The summed E-state index contributed by atoms with van der Waals surface area (Å²) in [6.45, 7) is 1.12. The third-order valence-corrected chi connectivity index (χ3v) is 5.36. The smallest absolute Gasteiger partial charge is 0.302 e. The van der Waals surface area contributed by atoms with Crippen LogP contribution in [0.3, 0.4) is 0 Å². The lowest BCUT2D eigenvalue weighted by atomic mass is 9.95. The highest BCUT2D eigenvalue weighted by atomic mass is 79.9. The van der Waals surface area contributed by atoms with Crippen molar-refractivity contribution >= 4 is 33.7 Å². The van der Waals surface area contributed by atoms with Gasteiger partial charge in [-0.15, -0.1) is 0 Å². The lowest BCUT2D eigenvalue weighted by Crippen LogP contribution is -2.66. The highest BCUT2D eigenvalue weighted by Crippen LogP contribution is 2.32. The van der Waals surface area contributed by atoms with Crippen LogP contribution in [0.15, 0.2) is 24.3 Å². The van der Waals surface area contributed by atoms with E-state index < -0.39 is 48.4 Å². The lowest BCUT2D eigenvalue weighted by Gasteiger charge is -2.44. The number of aliphatic hydroxyl groups excluding tert-OH is 2. The summed E-state index contributed by atoms with van der Waals surface area (Å²) in [5.74, 6) is -1.77. The molecule has 1 saturated heterocycles. The second kappa shape index (κ2) is 9.31. The predicted octanol–water partition coefficient (Wildman–Crippen LogP) is 0.463. The molecule has 3 rings (SSSR count). The molecule has 0 bridgehead atoms. The Kier molecular flexibility index (Phi) is 7.01. The van der Waals surface area contributed by atoms with Crippen molar-refractivity contribution in [2.24, 2.45) is 0 Å². The number of hydrogen-bond donors (Lipinski definition) is 2. The Morgan fingerprint density at radius 3 is 2.34 bits per heavy atom. The van der Waals surface area contributed by atoms with Gasteiger partial charge in [-0.3, -0.25) is 19.3 Å². The van der Waals surface area contributed by atoms with E-state index >= 15 is 0 Å². The molecule has 2 heterocycles. The van der Waals surface area contributed by atoms with Crippen LogP contribution < -0.4 is 0 Å². The summed E-state index contributed by atoms with van der Waals surface area (Å²) in [4.78, 5) is 37.7. The summed E-state index contributed by atoms with van der Waals surface area (Å²) in [6, 6.07) is 5.05. The predicted molar refractivity (Wildman–Crippen MR) is 102 cm³/mol. The van der Waals surface area contributed by atoms with Gasteiger partial charge < -0.3 is 24.4 Å². The summed E-state index contributed by atoms with van der Waals surface area (Å²) in [5, 5.41) is 21.9. The number of carbonyl (C=O) groups excluding carboxylic acids is 3. The fraction of sp³-hybridized carbons (Fsp3) is 0.526. The zero-order valence-corrected chi connectivity index (χ0v) is 17.3. The first-order valence-corrected chi connectivity index (χ1v) is 10.3. The van der Waals surface area contributed by atoms with Gasteiger partial charge in [-0.25, -0.2) is 0 Å². The summed E-state index contributed by atoms with van der Waals surface area (Å²) < 4.78 is 16.3. The van der Waals surface area contributed by atoms with Crippen molar-refractivity contribution in [3.63, 3.8) is 0 Å². The molecule has 2 amide bonds. The number of hydrogen-bond acceptors (Lipinski definition) is 8. The Bertz CT molecular complexity index is 752. The average Bonchev–Trinajstić information content (AvgIpc) is 2.95. The third kappa shape index (κ3) is 4.36. The molecular weight excluding hydrogens is 450 g/mol. The molecule has 2 aliphatic rings. The minimum absolute atomic E-state index is 0.209. The number of imide groups is 1. The van der Waals surface area contributed by atoms with Gasteiger partial charge in [-0.2, -0.15) is 0 Å². The average molecular weight is 472 g/mol. The fourth-order valence-corrected chi connectivity index (χ4v) is 3.63. The van der Waals surface area contributed by atoms with Gasteiger partial charge in [0, 0.05) is 12.3 Å². The summed E-state index contributed by atoms with van der Waals surface area (Å²) >= 11 is 3.28. The molecule has 1 fully saturated rings. The summed E-state index contributed by atoms with van der Waals surface area (Å²) in [5.41, 5.74) is 0.417. The van der Waals surface area contributed by atoms with E-state index in [9.17, 15) is 24.6 Å². The molecule has 10 heteroatoms. The van der Waals surface area contributed by atoms with Gasteiger partial charge in [-0.1, -0.05) is 28.1 Å². The maximum Gasteiger partial charge on any atom is 0.302 e. The number of carbonyl (C=O) groups is 3. The van der Waals surface area contributed by atoms with Crippen LogP contribution in [0.5, 0.6) is 0 Å². The van der Waals surface area contributed by atoms with Crippen molar-refractivity contribution in [3.05, 3.63) is 35.4 Å². The molecule has 0 radical (unpaired) electrons. The van der Waals surface area contributed by atoms with Crippen molar-refractivity contribution in [2.45, 2.75) is 44.0 Å². The molecule has 0 aromatic heterocycles. The minimum Gasteiger partial charge on any atom is -0.463 e. The van der Waals surface area contributed by atoms with Gasteiger partial charge in [0.25, 0.3) is 11.8 Å². The van der Waals surface area contributed by atoms with E-state index in [-0.39, 0.29) is 24.3 Å². The highest BCUT2D eigenvalue weighted by molar-refractivity contribution is 9.09. The van der Waals surface area contributed by atoms with Crippen molar-refractivity contribution < 1.29 is 38.8 Å². The number of amides is 2. The zero-order chi connectivity index (χ0) is 21.1. The molecule has 1 aromatic carbocycles. The molecule has 1 aromatic rings. The first-order chi connectivity index (χ1) is 13.9. The van der Waals surface area contributed by atoms with E-state index in [4.69, 9.17) is 14.2 Å². The normalized spacial score (nSPS) is 29.1. The Balaban J connectivity index is 1.87. The van der Waals surface area contributed by atoms with E-state index in [1.807, 2.05) is 0 Å². The number of aliphatic hydroxyl groups is 2. The number of nitrogens with zero attached hydrogens (tertiary/aromatic N) is 1. The second-order valence-corrected chi connectivity index (χ2v) is 7.55. The summed E-state index contributed by atoms with van der Waals surface area (Å²) in [7, 11) is 0. The van der Waals surface area contributed by atoms with Crippen LogP contribution in [0.4, 0.5) is 0 Å². The molecule has 5 atom stereocenters. The number of fused-ring (bicyclic) bond motifs is 1. The Labute approximate surface area is 175 Å². The lowest BCUT2D eigenvalue weighted by molar-refractivity contribution is -0.280. The number of benzene rings is 1. The van der Waals surface area contributed by atoms with E-state index in [0.29, 0.717) is 11.8 Å². The van der Waals surface area contributed by atoms with Crippen LogP contribution in [0.2, 0.25) is 0 Å². The molecule has 0 spiro atoms. The van der Waals surface area contributed by atoms with E-state index in [0.717, 1.165) is 4.90 Å². The van der Waals surface area contributed by atoms with Crippen molar-refractivity contribution in [1.82, 2.24) is 4.90 Å². The molecular formula is C19H22BrNO8. The molecule has 2 N–H and O–H groups in total. The van der Waals surface area contributed by atoms with Crippen LogP contribution >= 0.6 is 15.9 Å². The van der Waals surface area contributed by atoms with Gasteiger partial charge in [0.05, 0.1) is 17.7 Å². The first kappa shape index (κ1) is 21.8. The Morgan fingerprint density at radius 1 is 1.17 bits per heavy atom. The first-order valence-electron chi connectivity index (χ1n) is 9.16. The largest absolute Gasteiger partial charge is 0.463 e. The van der Waals surface area contributed by atoms with Gasteiger partial charge in [0.15, 0.2) is 6.29 Å². The second-order valence-electron chi connectivity index (χ2n) is 6.76. The zero-order valence-electron chi connectivity index (χ0n) is 15.7. The van der Waals surface area contributed by atoms with E-state index in [2.05, 4.69) is 15.9 Å². The standard InChI is InChI=1S/C19H22BrNO8/c1-10(22)28-9-13-15(23)16(24)14(19(29-13)27-8-4-7-20)21-17(25)11-5-2-3-6-12(11)18(21)26/h2-3,5-6,13-16,19,23-24H,4,7-9H2,1H3/t13-,14-,15-,16-,19-/m1/s1. The van der Waals surface area contributed by atoms with Crippen LogP contribution in [0, 0.1) is 0 Å². The quantitative estimate of drug-likeness (QED) is 0.254. The van der Waals surface area contributed by atoms with E-state index in [1.165, 1.54) is 19.1 Å². The number of esters is 1. The molecule has 9 nitrogen and oxygen atoms in total. The van der Waals surface area contributed by atoms with Crippen LogP contribution in [-0.4, -0.2) is 82.1 Å². The minimum atomic E-state index is -1.56. The molecule has 29 heavy (non-hydrogen) atoms. The third-order valence-electron chi connectivity index (χ3n) is 4.80. The maximum absolute atomic E-state index is 12.9. The van der Waals surface area contributed by atoms with Crippen LogP contribution in [-0.2, 0) is 19.0 Å². The highest BCUT2D eigenvalue weighted by Gasteiger charge is 2.53. The Morgan fingerprint density at radius 2 is 1.79 bits per heavy atom.